The first kappa shape index (κ1) is 14.1. The van der Waals surface area contributed by atoms with Crippen LogP contribution in [-0.2, 0) is 13.6 Å². The van der Waals surface area contributed by atoms with Gasteiger partial charge in [-0.3, -0.25) is 9.36 Å². The number of aryl methyl sites for hydroxylation is 1. The van der Waals surface area contributed by atoms with E-state index in [4.69, 9.17) is 5.73 Å². The van der Waals surface area contributed by atoms with Gasteiger partial charge in [0, 0.05) is 13.2 Å². The molecule has 0 atom stereocenters. The van der Waals surface area contributed by atoms with Crippen LogP contribution in [0.3, 0.4) is 0 Å². The molecule has 1 aromatic heterocycles. The minimum absolute atomic E-state index is 0.0749. The third-order valence-electron chi connectivity index (χ3n) is 3.34. The number of aromatic nitrogens is 2. The van der Waals surface area contributed by atoms with Crippen LogP contribution in [0.15, 0.2) is 40.1 Å². The fourth-order valence-electron chi connectivity index (χ4n) is 2.08. The van der Waals surface area contributed by atoms with Crippen LogP contribution in [0.25, 0.3) is 0 Å². The summed E-state index contributed by atoms with van der Waals surface area (Å²) in [6.45, 7) is 4.47. The van der Waals surface area contributed by atoms with Crippen molar-refractivity contribution in [2.24, 2.45) is 7.05 Å². The van der Waals surface area contributed by atoms with Crippen molar-refractivity contribution in [3.63, 3.8) is 0 Å². The molecule has 20 heavy (non-hydrogen) atoms. The Morgan fingerprint density at radius 2 is 1.75 bits per heavy atom. The number of rotatable bonds is 3. The van der Waals surface area contributed by atoms with Crippen molar-refractivity contribution >= 4 is 5.69 Å². The molecule has 0 saturated heterocycles. The average molecular weight is 273 g/mol. The van der Waals surface area contributed by atoms with Crippen LogP contribution in [-0.4, -0.2) is 9.13 Å². The second-order valence-corrected chi connectivity index (χ2v) is 5.27. The fraction of sp³-hybridized carbons (Fsp3) is 0.333. The number of anilines is 1. The van der Waals surface area contributed by atoms with Gasteiger partial charge in [-0.1, -0.05) is 38.1 Å². The Morgan fingerprint density at radius 3 is 2.30 bits per heavy atom. The first-order valence-corrected chi connectivity index (χ1v) is 6.55. The first-order valence-electron chi connectivity index (χ1n) is 6.55. The van der Waals surface area contributed by atoms with Gasteiger partial charge >= 0.3 is 5.69 Å². The van der Waals surface area contributed by atoms with Crippen molar-refractivity contribution in [1.29, 1.82) is 0 Å². The molecule has 1 heterocycles. The summed E-state index contributed by atoms with van der Waals surface area (Å²) in [6.07, 6.45) is 1.35. The molecule has 0 aliphatic heterocycles. The summed E-state index contributed by atoms with van der Waals surface area (Å²) in [5.74, 6) is 0.451. The van der Waals surface area contributed by atoms with Gasteiger partial charge in [0.05, 0.1) is 6.54 Å². The van der Waals surface area contributed by atoms with Gasteiger partial charge in [0.1, 0.15) is 5.69 Å². The Hall–Kier alpha value is -2.30. The second-order valence-electron chi connectivity index (χ2n) is 5.27. The Balaban J connectivity index is 2.40. The molecule has 2 rings (SSSR count). The molecule has 106 valence electrons. The smallest absolute Gasteiger partial charge is 0.331 e. The molecule has 0 bridgehead atoms. The SMILES string of the molecule is CC(C)c1ccc(Cn2c(=O)c(N)cn(C)c2=O)cc1. The summed E-state index contributed by atoms with van der Waals surface area (Å²) in [5, 5.41) is 0. The van der Waals surface area contributed by atoms with Crippen LogP contribution in [0, 0.1) is 0 Å². The van der Waals surface area contributed by atoms with E-state index in [9.17, 15) is 9.59 Å². The van der Waals surface area contributed by atoms with E-state index in [1.54, 1.807) is 7.05 Å². The molecule has 2 aromatic rings. The van der Waals surface area contributed by atoms with E-state index in [2.05, 4.69) is 13.8 Å². The van der Waals surface area contributed by atoms with Gasteiger partial charge in [-0.2, -0.15) is 0 Å². The summed E-state index contributed by atoms with van der Waals surface area (Å²) in [7, 11) is 1.58. The van der Waals surface area contributed by atoms with E-state index in [1.807, 2.05) is 24.3 Å². The van der Waals surface area contributed by atoms with E-state index < -0.39 is 5.56 Å². The highest BCUT2D eigenvalue weighted by molar-refractivity contribution is 5.31. The van der Waals surface area contributed by atoms with Crippen molar-refractivity contribution in [3.8, 4) is 0 Å². The summed E-state index contributed by atoms with van der Waals surface area (Å²) < 4.78 is 2.47. The topological polar surface area (TPSA) is 70.0 Å². The van der Waals surface area contributed by atoms with Crippen molar-refractivity contribution < 1.29 is 0 Å². The monoisotopic (exact) mass is 273 g/mol. The number of nitrogen functional groups attached to an aromatic ring is 1. The van der Waals surface area contributed by atoms with Crippen molar-refractivity contribution in [1.82, 2.24) is 9.13 Å². The highest BCUT2D eigenvalue weighted by Gasteiger charge is 2.08. The van der Waals surface area contributed by atoms with Crippen molar-refractivity contribution in [2.45, 2.75) is 26.3 Å². The van der Waals surface area contributed by atoms with Gasteiger partial charge in [0.25, 0.3) is 5.56 Å². The number of hydrogen-bond donors (Lipinski definition) is 1. The number of hydrogen-bond acceptors (Lipinski definition) is 3. The van der Waals surface area contributed by atoms with Crippen LogP contribution in [0.5, 0.6) is 0 Å². The third-order valence-corrected chi connectivity index (χ3v) is 3.34. The van der Waals surface area contributed by atoms with E-state index in [0.717, 1.165) is 10.1 Å². The van der Waals surface area contributed by atoms with Gasteiger partial charge in [-0.15, -0.1) is 0 Å². The second kappa shape index (κ2) is 5.36. The molecular weight excluding hydrogens is 254 g/mol. The molecule has 0 radical (unpaired) electrons. The normalized spacial score (nSPS) is 11.0. The zero-order valence-corrected chi connectivity index (χ0v) is 12.0. The standard InChI is InChI=1S/C15H19N3O2/c1-10(2)12-6-4-11(5-7-12)8-18-14(19)13(16)9-17(3)15(18)20/h4-7,9-10H,8,16H2,1-3H3. The molecule has 2 N–H and O–H groups in total. The molecule has 0 fully saturated rings. The van der Waals surface area contributed by atoms with Crippen LogP contribution in [0.1, 0.15) is 30.9 Å². The zero-order valence-electron chi connectivity index (χ0n) is 12.0. The predicted octanol–water partition coefficient (Wildman–Crippen LogP) is 1.30. The lowest BCUT2D eigenvalue weighted by Gasteiger charge is -2.10. The van der Waals surface area contributed by atoms with Crippen LogP contribution in [0.4, 0.5) is 5.69 Å². The average Bonchev–Trinajstić information content (AvgIpc) is 2.42. The predicted molar refractivity (Wildman–Crippen MR) is 80.0 cm³/mol. The lowest BCUT2D eigenvalue weighted by Crippen LogP contribution is -2.39. The first-order chi connectivity index (χ1) is 9.40. The third kappa shape index (κ3) is 2.66. The molecule has 1 aromatic carbocycles. The van der Waals surface area contributed by atoms with Crippen molar-refractivity contribution in [3.05, 3.63) is 62.4 Å². The lowest BCUT2D eigenvalue weighted by atomic mass is 10.0. The van der Waals surface area contributed by atoms with Crippen LogP contribution in [0.2, 0.25) is 0 Å². The van der Waals surface area contributed by atoms with Crippen LogP contribution < -0.4 is 17.0 Å². The highest BCUT2D eigenvalue weighted by atomic mass is 16.2. The quantitative estimate of drug-likeness (QED) is 0.916. The summed E-state index contributed by atoms with van der Waals surface area (Å²) in [6, 6.07) is 7.90. The van der Waals surface area contributed by atoms with Gasteiger partial charge in [0.15, 0.2) is 0 Å². The van der Waals surface area contributed by atoms with Gasteiger partial charge in [-0.05, 0) is 17.0 Å². The number of nitrogens with two attached hydrogens (primary N) is 1. The maximum absolute atomic E-state index is 12.0. The van der Waals surface area contributed by atoms with Crippen LogP contribution >= 0.6 is 0 Å². The molecular formula is C15H19N3O2. The van der Waals surface area contributed by atoms with E-state index in [0.29, 0.717) is 5.92 Å². The Kier molecular flexibility index (Phi) is 3.79. The molecule has 0 aliphatic carbocycles. The Labute approximate surface area is 117 Å². The van der Waals surface area contributed by atoms with Crippen molar-refractivity contribution in [2.75, 3.05) is 5.73 Å². The van der Waals surface area contributed by atoms with Gasteiger partial charge < -0.3 is 10.3 Å². The van der Waals surface area contributed by atoms with Gasteiger partial charge in [0.2, 0.25) is 0 Å². The van der Waals surface area contributed by atoms with Gasteiger partial charge in [-0.25, -0.2) is 4.79 Å². The fourth-order valence-corrected chi connectivity index (χ4v) is 2.08. The molecule has 0 amide bonds. The number of benzene rings is 1. The maximum Gasteiger partial charge on any atom is 0.331 e. The number of nitrogens with zero attached hydrogens (tertiary/aromatic N) is 2. The largest absolute Gasteiger partial charge is 0.393 e. The Bertz CT molecular complexity index is 690. The zero-order chi connectivity index (χ0) is 14.9. The minimum atomic E-state index is -0.443. The minimum Gasteiger partial charge on any atom is -0.393 e. The summed E-state index contributed by atoms with van der Waals surface area (Å²) in [4.78, 5) is 23.9. The summed E-state index contributed by atoms with van der Waals surface area (Å²) >= 11 is 0. The van der Waals surface area contributed by atoms with E-state index in [-0.39, 0.29) is 17.9 Å². The molecule has 5 heteroatoms. The lowest BCUT2D eigenvalue weighted by molar-refractivity contribution is 0.643. The van der Waals surface area contributed by atoms with E-state index in [1.165, 1.54) is 16.3 Å². The molecule has 0 aliphatic rings. The Morgan fingerprint density at radius 1 is 1.15 bits per heavy atom. The molecule has 0 spiro atoms. The van der Waals surface area contributed by atoms with E-state index >= 15 is 0 Å². The summed E-state index contributed by atoms with van der Waals surface area (Å²) in [5.41, 5.74) is 7.01. The molecule has 5 nitrogen and oxygen atoms in total. The molecule has 0 unspecified atom stereocenters. The maximum atomic E-state index is 12.0. The molecule has 0 saturated carbocycles. The highest BCUT2D eigenvalue weighted by Crippen LogP contribution is 2.14.